The Bertz CT molecular complexity index is 525. The minimum atomic E-state index is -0.339. The number of nitrogens with zero attached hydrogens (tertiary/aromatic N) is 1. The number of rotatable bonds is 5. The van der Waals surface area contributed by atoms with Gasteiger partial charge in [-0.15, -0.1) is 0 Å². The Kier molecular flexibility index (Phi) is 6.52. The second kappa shape index (κ2) is 8.62. The Morgan fingerprint density at radius 2 is 1.70 bits per heavy atom. The van der Waals surface area contributed by atoms with Gasteiger partial charge < -0.3 is 15.1 Å². The van der Waals surface area contributed by atoms with Gasteiger partial charge in [0, 0.05) is 18.8 Å². The summed E-state index contributed by atoms with van der Waals surface area (Å²) in [5, 5.41) is 2.71. The molecule has 1 aromatic carbocycles. The molecule has 1 aliphatic rings. The van der Waals surface area contributed by atoms with Crippen molar-refractivity contribution in [1.29, 1.82) is 0 Å². The summed E-state index contributed by atoms with van der Waals surface area (Å²) in [4.78, 5) is 27.0. The third-order valence-electron chi connectivity index (χ3n) is 4.00. The molecule has 1 heterocycles. The zero-order valence-electron chi connectivity index (χ0n) is 13.6. The summed E-state index contributed by atoms with van der Waals surface area (Å²) in [6.45, 7) is 2.18. The van der Waals surface area contributed by atoms with Crippen LogP contribution in [0.15, 0.2) is 24.3 Å². The van der Waals surface area contributed by atoms with Gasteiger partial charge in [-0.25, -0.2) is 4.39 Å². The number of amides is 2. The second-order valence-electron chi connectivity index (χ2n) is 6.16. The van der Waals surface area contributed by atoms with Gasteiger partial charge in [-0.3, -0.25) is 9.59 Å². The molecule has 1 saturated heterocycles. The number of anilines is 1. The molecule has 0 spiro atoms. The summed E-state index contributed by atoms with van der Waals surface area (Å²) in [6, 6.07) is 5.64. The average Bonchev–Trinajstić information content (AvgIpc) is 2.78. The highest BCUT2D eigenvalue weighted by Crippen LogP contribution is 2.09. The van der Waals surface area contributed by atoms with E-state index in [9.17, 15) is 14.0 Å². The van der Waals surface area contributed by atoms with Gasteiger partial charge in [-0.1, -0.05) is 12.8 Å². The van der Waals surface area contributed by atoms with Crippen molar-refractivity contribution in [3.8, 4) is 0 Å². The highest BCUT2D eigenvalue weighted by Gasteiger charge is 2.20. The van der Waals surface area contributed by atoms with Gasteiger partial charge in [0.15, 0.2) is 13.1 Å². The predicted molar refractivity (Wildman–Crippen MR) is 86.7 cm³/mol. The van der Waals surface area contributed by atoms with E-state index in [1.54, 1.807) is 0 Å². The van der Waals surface area contributed by atoms with Gasteiger partial charge in [-0.05, 0) is 37.1 Å². The predicted octanol–water partition coefficient (Wildman–Crippen LogP) is 0.681. The smallest absolute Gasteiger partial charge is 0.279 e. The number of quaternary nitrogens is 1. The number of hydrogen-bond acceptors (Lipinski definition) is 2. The van der Waals surface area contributed by atoms with E-state index >= 15 is 0 Å². The SMILES string of the molecule is C[NH+](CC(=O)Nc1ccc(F)cc1)CC(=O)N1CCCCCC1. The monoisotopic (exact) mass is 322 g/mol. The lowest BCUT2D eigenvalue weighted by atomic mass is 10.2. The van der Waals surface area contributed by atoms with Crippen LogP contribution in [0.5, 0.6) is 0 Å². The quantitative estimate of drug-likeness (QED) is 0.838. The molecule has 6 heteroatoms. The van der Waals surface area contributed by atoms with E-state index in [4.69, 9.17) is 0 Å². The van der Waals surface area contributed by atoms with E-state index in [2.05, 4.69) is 5.32 Å². The Hall–Kier alpha value is -1.95. The standard InChI is InChI=1S/C17H24FN3O2/c1-20(13-17(23)21-10-4-2-3-5-11-21)12-16(22)19-15-8-6-14(18)7-9-15/h6-9H,2-5,10-13H2,1H3,(H,19,22)/p+1. The first kappa shape index (κ1) is 17.4. The first-order chi connectivity index (χ1) is 11.0. The molecule has 5 nitrogen and oxygen atoms in total. The van der Waals surface area contributed by atoms with Gasteiger partial charge in [-0.2, -0.15) is 0 Å². The fourth-order valence-corrected chi connectivity index (χ4v) is 2.77. The molecule has 2 rings (SSSR count). The molecule has 2 N–H and O–H groups in total. The summed E-state index contributed by atoms with van der Waals surface area (Å²) in [7, 11) is 1.83. The van der Waals surface area contributed by atoms with E-state index in [0.29, 0.717) is 12.2 Å². The lowest BCUT2D eigenvalue weighted by Crippen LogP contribution is -3.11. The van der Waals surface area contributed by atoms with Crippen molar-refractivity contribution in [2.75, 3.05) is 38.5 Å². The minimum absolute atomic E-state index is 0.110. The van der Waals surface area contributed by atoms with Crippen LogP contribution in [0.3, 0.4) is 0 Å². The number of carbonyl (C=O) groups is 2. The molecule has 0 aliphatic carbocycles. The number of likely N-dealkylation sites (tertiary alicyclic amines) is 1. The third-order valence-corrected chi connectivity index (χ3v) is 4.00. The van der Waals surface area contributed by atoms with Crippen molar-refractivity contribution in [3.63, 3.8) is 0 Å². The molecule has 0 radical (unpaired) electrons. The lowest BCUT2D eigenvalue weighted by Gasteiger charge is -2.22. The Labute approximate surface area is 136 Å². The lowest BCUT2D eigenvalue weighted by molar-refractivity contribution is -0.862. The molecule has 1 unspecified atom stereocenters. The van der Waals surface area contributed by atoms with E-state index in [1.807, 2.05) is 11.9 Å². The van der Waals surface area contributed by atoms with Crippen LogP contribution in [0.4, 0.5) is 10.1 Å². The van der Waals surface area contributed by atoms with Crippen LogP contribution < -0.4 is 10.2 Å². The molecule has 0 aromatic heterocycles. The van der Waals surface area contributed by atoms with Crippen molar-refractivity contribution < 1.29 is 18.9 Å². The highest BCUT2D eigenvalue weighted by atomic mass is 19.1. The van der Waals surface area contributed by atoms with Crippen molar-refractivity contribution in [3.05, 3.63) is 30.1 Å². The van der Waals surface area contributed by atoms with Crippen LogP contribution in [-0.2, 0) is 9.59 Å². The van der Waals surface area contributed by atoms with Crippen LogP contribution in [0.25, 0.3) is 0 Å². The minimum Gasteiger partial charge on any atom is -0.338 e. The Morgan fingerprint density at radius 3 is 2.30 bits per heavy atom. The zero-order valence-corrected chi connectivity index (χ0v) is 13.6. The van der Waals surface area contributed by atoms with Gasteiger partial charge in [0.1, 0.15) is 5.82 Å². The average molecular weight is 322 g/mol. The summed E-state index contributed by atoms with van der Waals surface area (Å²) < 4.78 is 12.8. The first-order valence-corrected chi connectivity index (χ1v) is 8.19. The maximum Gasteiger partial charge on any atom is 0.279 e. The molecule has 1 aliphatic heterocycles. The normalized spacial score (nSPS) is 16.5. The molecular formula is C17H25FN3O2+. The molecule has 0 saturated carbocycles. The van der Waals surface area contributed by atoms with E-state index < -0.39 is 0 Å². The summed E-state index contributed by atoms with van der Waals surface area (Å²) >= 11 is 0. The summed E-state index contributed by atoms with van der Waals surface area (Å²) in [6.07, 6.45) is 4.50. The van der Waals surface area contributed by atoms with Crippen LogP contribution in [0.2, 0.25) is 0 Å². The third kappa shape index (κ3) is 5.98. The molecule has 126 valence electrons. The fraction of sp³-hybridized carbons (Fsp3) is 0.529. The van der Waals surface area contributed by atoms with Crippen LogP contribution in [-0.4, -0.2) is 49.9 Å². The van der Waals surface area contributed by atoms with Gasteiger partial charge in [0.25, 0.3) is 11.8 Å². The molecular weight excluding hydrogens is 297 g/mol. The van der Waals surface area contributed by atoms with Crippen molar-refractivity contribution in [1.82, 2.24) is 4.90 Å². The van der Waals surface area contributed by atoms with Crippen molar-refractivity contribution >= 4 is 17.5 Å². The molecule has 1 aromatic rings. The van der Waals surface area contributed by atoms with Gasteiger partial charge in [0.05, 0.1) is 7.05 Å². The summed E-state index contributed by atoms with van der Waals surface area (Å²) in [5.41, 5.74) is 0.558. The number of carbonyl (C=O) groups excluding carboxylic acids is 2. The molecule has 2 amide bonds. The fourth-order valence-electron chi connectivity index (χ4n) is 2.77. The Morgan fingerprint density at radius 1 is 1.09 bits per heavy atom. The maximum absolute atomic E-state index is 12.8. The number of nitrogens with one attached hydrogen (secondary N) is 2. The number of hydrogen-bond donors (Lipinski definition) is 2. The molecule has 1 fully saturated rings. The molecule has 1 atom stereocenters. The van der Waals surface area contributed by atoms with E-state index in [0.717, 1.165) is 30.8 Å². The van der Waals surface area contributed by atoms with Crippen molar-refractivity contribution in [2.24, 2.45) is 0 Å². The highest BCUT2D eigenvalue weighted by molar-refractivity contribution is 5.91. The van der Waals surface area contributed by atoms with E-state index in [1.165, 1.54) is 37.1 Å². The number of likely N-dealkylation sites (N-methyl/N-ethyl adjacent to an activating group) is 1. The molecule has 0 bridgehead atoms. The maximum atomic E-state index is 12.8. The largest absolute Gasteiger partial charge is 0.338 e. The number of benzene rings is 1. The van der Waals surface area contributed by atoms with E-state index in [-0.39, 0.29) is 24.2 Å². The zero-order chi connectivity index (χ0) is 16.7. The van der Waals surface area contributed by atoms with Gasteiger partial charge >= 0.3 is 0 Å². The topological polar surface area (TPSA) is 53.9 Å². The second-order valence-corrected chi connectivity index (χ2v) is 6.16. The van der Waals surface area contributed by atoms with Gasteiger partial charge in [0.2, 0.25) is 0 Å². The van der Waals surface area contributed by atoms with Crippen LogP contribution in [0, 0.1) is 5.82 Å². The van der Waals surface area contributed by atoms with Crippen molar-refractivity contribution in [2.45, 2.75) is 25.7 Å². The van der Waals surface area contributed by atoms with Crippen LogP contribution in [0.1, 0.15) is 25.7 Å². The number of halogens is 1. The van der Waals surface area contributed by atoms with Crippen LogP contribution >= 0.6 is 0 Å². The first-order valence-electron chi connectivity index (χ1n) is 8.19. The molecule has 23 heavy (non-hydrogen) atoms. The summed E-state index contributed by atoms with van der Waals surface area (Å²) in [5.74, 6) is -0.412. The Balaban J connectivity index is 1.76.